The molecule has 0 N–H and O–H groups in total. The van der Waals surface area contributed by atoms with E-state index in [0.717, 1.165) is 10.0 Å². The number of halogens is 2. The summed E-state index contributed by atoms with van der Waals surface area (Å²) in [5, 5.41) is 7.86. The molecule has 1 aromatic heterocycles. The van der Waals surface area contributed by atoms with Gasteiger partial charge in [0.1, 0.15) is 5.82 Å². The number of ketones is 1. The Morgan fingerprint density at radius 1 is 1.12 bits per heavy atom. The number of hydrogen-bond donors (Lipinski definition) is 0. The molecular formula is C17H12BrFN2O2S. The summed E-state index contributed by atoms with van der Waals surface area (Å²) in [6, 6.07) is 13.0. The summed E-state index contributed by atoms with van der Waals surface area (Å²) < 4.78 is 19.5. The Morgan fingerprint density at radius 2 is 1.79 bits per heavy atom. The number of aromatic nitrogens is 2. The molecule has 1 atom stereocenters. The number of benzene rings is 2. The van der Waals surface area contributed by atoms with Gasteiger partial charge in [-0.1, -0.05) is 27.7 Å². The number of carbonyl (C=O) groups is 1. The second-order valence-electron chi connectivity index (χ2n) is 5.01. The highest BCUT2D eigenvalue weighted by Gasteiger charge is 2.20. The molecule has 0 aliphatic heterocycles. The van der Waals surface area contributed by atoms with Crippen LogP contribution in [0.2, 0.25) is 0 Å². The highest BCUT2D eigenvalue weighted by molar-refractivity contribution is 9.10. The fourth-order valence-corrected chi connectivity index (χ4v) is 3.05. The predicted octanol–water partition coefficient (Wildman–Crippen LogP) is 5.00. The SMILES string of the molecule is C[C@@H](Sc1nnc(-c2ccc(Br)cc2)o1)C(=O)c1ccc(F)cc1. The zero-order valence-electron chi connectivity index (χ0n) is 12.6. The van der Waals surface area contributed by atoms with Crippen molar-refractivity contribution in [1.29, 1.82) is 0 Å². The molecule has 0 bridgehead atoms. The predicted molar refractivity (Wildman–Crippen MR) is 93.5 cm³/mol. The van der Waals surface area contributed by atoms with Crippen molar-refractivity contribution in [1.82, 2.24) is 10.2 Å². The summed E-state index contributed by atoms with van der Waals surface area (Å²) in [6.07, 6.45) is 0. The van der Waals surface area contributed by atoms with Crippen molar-refractivity contribution in [2.75, 3.05) is 0 Å². The summed E-state index contributed by atoms with van der Waals surface area (Å²) in [7, 11) is 0. The van der Waals surface area contributed by atoms with Crippen LogP contribution in [0.15, 0.2) is 62.6 Å². The summed E-state index contributed by atoms with van der Waals surface area (Å²) >= 11 is 4.54. The molecule has 7 heteroatoms. The molecule has 122 valence electrons. The van der Waals surface area contributed by atoms with Gasteiger partial charge >= 0.3 is 0 Å². The number of carbonyl (C=O) groups excluding carboxylic acids is 1. The van der Waals surface area contributed by atoms with Crippen molar-refractivity contribution >= 4 is 33.5 Å². The van der Waals surface area contributed by atoms with E-state index < -0.39 is 5.25 Å². The topological polar surface area (TPSA) is 56.0 Å². The highest BCUT2D eigenvalue weighted by Crippen LogP contribution is 2.28. The highest BCUT2D eigenvalue weighted by atomic mass is 79.9. The van der Waals surface area contributed by atoms with E-state index in [1.165, 1.54) is 36.0 Å². The van der Waals surface area contributed by atoms with E-state index in [1.54, 1.807) is 6.92 Å². The minimum absolute atomic E-state index is 0.122. The van der Waals surface area contributed by atoms with Crippen molar-refractivity contribution < 1.29 is 13.6 Å². The molecule has 0 aliphatic carbocycles. The van der Waals surface area contributed by atoms with Gasteiger partial charge in [0, 0.05) is 15.6 Å². The van der Waals surface area contributed by atoms with Crippen molar-refractivity contribution in [3.8, 4) is 11.5 Å². The lowest BCUT2D eigenvalue weighted by molar-refractivity contribution is 0.0993. The summed E-state index contributed by atoms with van der Waals surface area (Å²) in [6.45, 7) is 1.75. The smallest absolute Gasteiger partial charge is 0.277 e. The molecule has 0 amide bonds. The summed E-state index contributed by atoms with van der Waals surface area (Å²) in [5.74, 6) is -0.0993. The zero-order chi connectivity index (χ0) is 17.1. The first-order valence-corrected chi connectivity index (χ1v) is 8.76. The molecule has 0 saturated carbocycles. The number of nitrogens with zero attached hydrogens (tertiary/aromatic N) is 2. The quantitative estimate of drug-likeness (QED) is 0.440. The Kier molecular flexibility index (Phi) is 5.11. The molecule has 0 fully saturated rings. The van der Waals surface area contributed by atoms with Crippen molar-refractivity contribution in [2.45, 2.75) is 17.4 Å². The molecule has 0 saturated heterocycles. The van der Waals surface area contributed by atoms with Gasteiger partial charge in [-0.05, 0) is 55.5 Å². The average molecular weight is 407 g/mol. The first-order valence-electron chi connectivity index (χ1n) is 7.09. The lowest BCUT2D eigenvalue weighted by atomic mass is 10.1. The maximum Gasteiger partial charge on any atom is 0.277 e. The molecule has 0 spiro atoms. The molecule has 3 rings (SSSR count). The Morgan fingerprint density at radius 3 is 2.46 bits per heavy atom. The van der Waals surface area contributed by atoms with Crippen molar-refractivity contribution in [3.05, 3.63) is 64.4 Å². The van der Waals surface area contributed by atoms with Crippen LogP contribution in [0.4, 0.5) is 4.39 Å². The molecule has 0 radical (unpaired) electrons. The van der Waals surface area contributed by atoms with E-state index in [2.05, 4.69) is 26.1 Å². The van der Waals surface area contributed by atoms with Crippen molar-refractivity contribution in [3.63, 3.8) is 0 Å². The van der Waals surface area contributed by atoms with Crippen LogP contribution < -0.4 is 0 Å². The maximum absolute atomic E-state index is 12.9. The average Bonchev–Trinajstić information content (AvgIpc) is 3.04. The zero-order valence-corrected chi connectivity index (χ0v) is 15.0. The first kappa shape index (κ1) is 16.9. The van der Waals surface area contributed by atoms with E-state index in [4.69, 9.17) is 4.42 Å². The van der Waals surface area contributed by atoms with Gasteiger partial charge in [-0.15, -0.1) is 10.2 Å². The van der Waals surface area contributed by atoms with Gasteiger partial charge in [-0.2, -0.15) is 0 Å². The molecular weight excluding hydrogens is 395 g/mol. The minimum atomic E-state index is -0.423. The van der Waals surface area contributed by atoms with Gasteiger partial charge in [0.2, 0.25) is 5.89 Å². The van der Waals surface area contributed by atoms with Crippen LogP contribution >= 0.6 is 27.7 Å². The Bertz CT molecular complexity index is 850. The lowest BCUT2D eigenvalue weighted by Gasteiger charge is -2.07. The van der Waals surface area contributed by atoms with Gasteiger partial charge in [0.05, 0.1) is 5.25 Å². The van der Waals surface area contributed by atoms with Gasteiger partial charge in [0.15, 0.2) is 5.78 Å². The van der Waals surface area contributed by atoms with Crippen LogP contribution in [0.3, 0.4) is 0 Å². The largest absolute Gasteiger partial charge is 0.411 e. The van der Waals surface area contributed by atoms with Gasteiger partial charge < -0.3 is 4.42 Å². The number of hydrogen-bond acceptors (Lipinski definition) is 5. The number of Topliss-reactive ketones (excluding diaryl/α,β-unsaturated/α-hetero) is 1. The number of thioether (sulfide) groups is 1. The van der Waals surface area contributed by atoms with Crippen molar-refractivity contribution in [2.24, 2.45) is 0 Å². The van der Waals surface area contributed by atoms with Gasteiger partial charge in [-0.25, -0.2) is 4.39 Å². The molecule has 0 unspecified atom stereocenters. The van der Waals surface area contributed by atoms with E-state index in [1.807, 2.05) is 24.3 Å². The third kappa shape index (κ3) is 3.91. The van der Waals surface area contributed by atoms with Crippen LogP contribution in [0.25, 0.3) is 11.5 Å². The van der Waals surface area contributed by atoms with Gasteiger partial charge in [0.25, 0.3) is 5.22 Å². The minimum Gasteiger partial charge on any atom is -0.411 e. The lowest BCUT2D eigenvalue weighted by Crippen LogP contribution is -2.13. The Hall–Kier alpha value is -1.99. The normalized spacial score (nSPS) is 12.1. The molecule has 4 nitrogen and oxygen atoms in total. The standard InChI is InChI=1S/C17H12BrFN2O2S/c1-10(15(22)11-4-8-14(19)9-5-11)24-17-21-20-16(23-17)12-2-6-13(18)7-3-12/h2-10H,1H3/t10-/m1/s1. The van der Waals surface area contributed by atoms with E-state index in [9.17, 15) is 9.18 Å². The fourth-order valence-electron chi connectivity index (χ4n) is 2.02. The second kappa shape index (κ2) is 7.27. The fraction of sp³-hybridized carbons (Fsp3) is 0.118. The third-order valence-corrected chi connectivity index (χ3v) is 4.74. The van der Waals surface area contributed by atoms with E-state index in [-0.39, 0.29) is 11.6 Å². The molecule has 2 aromatic carbocycles. The monoisotopic (exact) mass is 406 g/mol. The summed E-state index contributed by atoms with van der Waals surface area (Å²) in [4.78, 5) is 12.3. The second-order valence-corrected chi connectivity index (χ2v) is 7.22. The van der Waals surface area contributed by atoms with E-state index in [0.29, 0.717) is 16.7 Å². The Balaban J connectivity index is 1.70. The molecule has 24 heavy (non-hydrogen) atoms. The third-order valence-electron chi connectivity index (χ3n) is 3.27. The Labute approximate surface area is 150 Å². The maximum atomic E-state index is 12.9. The van der Waals surface area contributed by atoms with Crippen LogP contribution in [0.1, 0.15) is 17.3 Å². The van der Waals surface area contributed by atoms with E-state index >= 15 is 0 Å². The van der Waals surface area contributed by atoms with Crippen LogP contribution in [0, 0.1) is 5.82 Å². The van der Waals surface area contributed by atoms with Gasteiger partial charge in [-0.3, -0.25) is 4.79 Å². The molecule has 1 heterocycles. The van der Waals surface area contributed by atoms with Crippen LogP contribution in [-0.4, -0.2) is 21.2 Å². The number of rotatable bonds is 5. The molecule has 3 aromatic rings. The van der Waals surface area contributed by atoms with Crippen LogP contribution in [-0.2, 0) is 0 Å². The summed E-state index contributed by atoms with van der Waals surface area (Å²) in [5.41, 5.74) is 1.25. The first-order chi connectivity index (χ1) is 11.5. The molecule has 0 aliphatic rings. The van der Waals surface area contributed by atoms with Crippen LogP contribution in [0.5, 0.6) is 0 Å².